The van der Waals surface area contributed by atoms with Crippen molar-refractivity contribution in [1.82, 2.24) is 0 Å². The molecule has 0 aliphatic rings. The molecule has 0 saturated heterocycles. The van der Waals surface area contributed by atoms with E-state index in [1.165, 1.54) is 19.2 Å². The zero-order valence-electron chi connectivity index (χ0n) is 9.20. The zero-order valence-corrected chi connectivity index (χ0v) is 9.20. The van der Waals surface area contributed by atoms with Crippen molar-refractivity contribution < 1.29 is 18.7 Å². The van der Waals surface area contributed by atoms with E-state index in [0.29, 0.717) is 5.75 Å². The number of amides is 1. The van der Waals surface area contributed by atoms with Crippen LogP contribution in [0.3, 0.4) is 0 Å². The number of methoxy groups -OCH3 is 1. The second kappa shape index (κ2) is 5.46. The van der Waals surface area contributed by atoms with Crippen molar-refractivity contribution in [2.75, 3.05) is 13.7 Å². The first-order valence-electron chi connectivity index (χ1n) is 4.84. The Morgan fingerprint density at radius 1 is 1.56 bits per heavy atom. The molecule has 1 rings (SSSR count). The first-order valence-corrected chi connectivity index (χ1v) is 4.84. The first-order chi connectivity index (χ1) is 7.60. The SMILES string of the molecule is CCOC(C(N)=O)c1ccc(OC)cc1F. The number of hydrogen-bond acceptors (Lipinski definition) is 3. The van der Waals surface area contributed by atoms with Gasteiger partial charge in [-0.15, -0.1) is 0 Å². The van der Waals surface area contributed by atoms with Gasteiger partial charge < -0.3 is 15.2 Å². The molecule has 0 radical (unpaired) electrons. The van der Waals surface area contributed by atoms with Crippen LogP contribution in [0.4, 0.5) is 4.39 Å². The summed E-state index contributed by atoms with van der Waals surface area (Å²) in [7, 11) is 1.43. The maximum Gasteiger partial charge on any atom is 0.251 e. The highest BCUT2D eigenvalue weighted by Crippen LogP contribution is 2.24. The Labute approximate surface area is 93.2 Å². The number of benzene rings is 1. The molecule has 1 unspecified atom stereocenters. The summed E-state index contributed by atoms with van der Waals surface area (Å²) < 4.78 is 23.5. The Kier molecular flexibility index (Phi) is 4.25. The van der Waals surface area contributed by atoms with Crippen LogP contribution in [-0.2, 0) is 9.53 Å². The van der Waals surface area contributed by atoms with E-state index in [-0.39, 0.29) is 12.2 Å². The maximum absolute atomic E-state index is 13.6. The van der Waals surface area contributed by atoms with Gasteiger partial charge in [-0.3, -0.25) is 4.79 Å². The predicted octanol–water partition coefficient (Wildman–Crippen LogP) is 1.40. The van der Waals surface area contributed by atoms with Crippen LogP contribution in [0.15, 0.2) is 18.2 Å². The Hall–Kier alpha value is -1.62. The predicted molar refractivity (Wildman–Crippen MR) is 56.5 cm³/mol. The molecule has 1 aromatic rings. The number of halogens is 1. The number of hydrogen-bond donors (Lipinski definition) is 1. The third-order valence-electron chi connectivity index (χ3n) is 2.08. The van der Waals surface area contributed by atoms with Crippen LogP contribution in [-0.4, -0.2) is 19.6 Å². The third-order valence-corrected chi connectivity index (χ3v) is 2.08. The van der Waals surface area contributed by atoms with Crippen LogP contribution in [0.25, 0.3) is 0 Å². The number of carbonyl (C=O) groups excluding carboxylic acids is 1. The highest BCUT2D eigenvalue weighted by molar-refractivity contribution is 5.80. The number of primary amides is 1. The van der Waals surface area contributed by atoms with Gasteiger partial charge in [0.15, 0.2) is 6.10 Å². The minimum absolute atomic E-state index is 0.121. The molecule has 88 valence electrons. The second-order valence-corrected chi connectivity index (χ2v) is 3.13. The molecule has 0 aromatic heterocycles. The van der Waals surface area contributed by atoms with Crippen LogP contribution in [0, 0.1) is 5.82 Å². The van der Waals surface area contributed by atoms with E-state index in [1.807, 2.05) is 0 Å². The summed E-state index contributed by atoms with van der Waals surface area (Å²) in [6.07, 6.45) is -1.06. The molecule has 0 fully saturated rings. The van der Waals surface area contributed by atoms with E-state index in [4.69, 9.17) is 15.2 Å². The number of nitrogens with two attached hydrogens (primary N) is 1. The molecule has 0 bridgehead atoms. The summed E-state index contributed by atoms with van der Waals surface area (Å²) in [6.45, 7) is 1.98. The van der Waals surface area contributed by atoms with Crippen molar-refractivity contribution in [3.05, 3.63) is 29.6 Å². The van der Waals surface area contributed by atoms with Crippen LogP contribution in [0.2, 0.25) is 0 Å². The Morgan fingerprint density at radius 2 is 2.25 bits per heavy atom. The van der Waals surface area contributed by atoms with Gasteiger partial charge in [0.25, 0.3) is 5.91 Å². The van der Waals surface area contributed by atoms with E-state index >= 15 is 0 Å². The van der Waals surface area contributed by atoms with Gasteiger partial charge in [-0.2, -0.15) is 0 Å². The normalized spacial score (nSPS) is 12.2. The quantitative estimate of drug-likeness (QED) is 0.827. The van der Waals surface area contributed by atoms with E-state index in [9.17, 15) is 9.18 Å². The molecule has 5 heteroatoms. The van der Waals surface area contributed by atoms with Crippen molar-refractivity contribution in [1.29, 1.82) is 0 Å². The van der Waals surface area contributed by atoms with Gasteiger partial charge in [-0.05, 0) is 19.1 Å². The lowest BCUT2D eigenvalue weighted by molar-refractivity contribution is -0.129. The molecule has 0 saturated carbocycles. The first kappa shape index (κ1) is 12.4. The van der Waals surface area contributed by atoms with Crippen molar-refractivity contribution in [3.8, 4) is 5.75 Å². The average Bonchev–Trinajstić information content (AvgIpc) is 2.26. The van der Waals surface area contributed by atoms with E-state index in [2.05, 4.69) is 0 Å². The molecule has 1 aromatic carbocycles. The van der Waals surface area contributed by atoms with Crippen LogP contribution in [0.1, 0.15) is 18.6 Å². The minimum atomic E-state index is -1.06. The number of rotatable bonds is 5. The summed E-state index contributed by atoms with van der Waals surface area (Å²) in [5.74, 6) is -0.913. The molecule has 4 nitrogen and oxygen atoms in total. The monoisotopic (exact) mass is 227 g/mol. The fourth-order valence-electron chi connectivity index (χ4n) is 1.34. The highest BCUT2D eigenvalue weighted by Gasteiger charge is 2.21. The van der Waals surface area contributed by atoms with Gasteiger partial charge in [0.2, 0.25) is 0 Å². The van der Waals surface area contributed by atoms with Gasteiger partial charge in [-0.1, -0.05) is 0 Å². The Balaban J connectivity index is 3.05. The lowest BCUT2D eigenvalue weighted by Gasteiger charge is -2.14. The Bertz CT molecular complexity index is 381. The van der Waals surface area contributed by atoms with Crippen molar-refractivity contribution in [3.63, 3.8) is 0 Å². The van der Waals surface area contributed by atoms with Crippen molar-refractivity contribution in [2.24, 2.45) is 5.73 Å². The molecule has 1 atom stereocenters. The minimum Gasteiger partial charge on any atom is -0.497 e. The standard InChI is InChI=1S/C11H14FNO3/c1-3-16-10(11(13)14)8-5-4-7(15-2)6-9(8)12/h4-6,10H,3H2,1-2H3,(H2,13,14). The molecule has 0 heterocycles. The lowest BCUT2D eigenvalue weighted by atomic mass is 10.1. The van der Waals surface area contributed by atoms with E-state index < -0.39 is 17.8 Å². The number of ether oxygens (including phenoxy) is 2. The second-order valence-electron chi connectivity index (χ2n) is 3.13. The highest BCUT2D eigenvalue weighted by atomic mass is 19.1. The smallest absolute Gasteiger partial charge is 0.251 e. The Morgan fingerprint density at radius 3 is 2.69 bits per heavy atom. The summed E-state index contributed by atoms with van der Waals surface area (Å²) in [5, 5.41) is 0. The number of carbonyl (C=O) groups is 1. The molecule has 0 aliphatic heterocycles. The maximum atomic E-state index is 13.6. The average molecular weight is 227 g/mol. The molecular weight excluding hydrogens is 213 g/mol. The van der Waals surface area contributed by atoms with Gasteiger partial charge in [-0.25, -0.2) is 4.39 Å². The fraction of sp³-hybridized carbons (Fsp3) is 0.364. The summed E-state index contributed by atoms with van der Waals surface area (Å²) in [5.41, 5.74) is 5.25. The molecule has 2 N–H and O–H groups in total. The molecule has 0 aliphatic carbocycles. The summed E-state index contributed by atoms with van der Waals surface area (Å²) in [6, 6.07) is 4.16. The van der Waals surface area contributed by atoms with Crippen molar-refractivity contribution >= 4 is 5.91 Å². The third kappa shape index (κ3) is 2.70. The van der Waals surface area contributed by atoms with Gasteiger partial charge >= 0.3 is 0 Å². The van der Waals surface area contributed by atoms with Crippen molar-refractivity contribution in [2.45, 2.75) is 13.0 Å². The fourth-order valence-corrected chi connectivity index (χ4v) is 1.34. The zero-order chi connectivity index (χ0) is 12.1. The molecule has 16 heavy (non-hydrogen) atoms. The lowest BCUT2D eigenvalue weighted by Crippen LogP contribution is -2.24. The largest absolute Gasteiger partial charge is 0.497 e. The van der Waals surface area contributed by atoms with E-state index in [1.54, 1.807) is 13.0 Å². The summed E-state index contributed by atoms with van der Waals surface area (Å²) in [4.78, 5) is 11.1. The van der Waals surface area contributed by atoms with Crippen LogP contribution >= 0.6 is 0 Å². The van der Waals surface area contributed by atoms with Gasteiger partial charge in [0.1, 0.15) is 11.6 Å². The molecule has 0 spiro atoms. The summed E-state index contributed by atoms with van der Waals surface area (Å²) >= 11 is 0. The van der Waals surface area contributed by atoms with Gasteiger partial charge in [0, 0.05) is 18.2 Å². The van der Waals surface area contributed by atoms with Gasteiger partial charge in [0.05, 0.1) is 7.11 Å². The topological polar surface area (TPSA) is 61.5 Å². The van der Waals surface area contributed by atoms with Crippen LogP contribution < -0.4 is 10.5 Å². The van der Waals surface area contributed by atoms with E-state index in [0.717, 1.165) is 0 Å². The molecule has 1 amide bonds. The van der Waals surface area contributed by atoms with Crippen LogP contribution in [0.5, 0.6) is 5.75 Å². The molecular formula is C11H14FNO3.